The lowest BCUT2D eigenvalue weighted by molar-refractivity contribution is 0.0946. The normalized spacial score (nSPS) is 11.2. The number of hydrogen-bond donors (Lipinski definition) is 2. The molecule has 9 heteroatoms. The molecule has 0 unspecified atom stereocenters. The van der Waals surface area contributed by atoms with Crippen LogP contribution in [0.3, 0.4) is 0 Å². The highest BCUT2D eigenvalue weighted by Gasteiger charge is 2.14. The molecule has 2 aromatic rings. The highest BCUT2D eigenvalue weighted by molar-refractivity contribution is 7.91. The monoisotopic (exact) mass is 312 g/mol. The van der Waals surface area contributed by atoms with Crippen LogP contribution in [0.15, 0.2) is 34.9 Å². The van der Waals surface area contributed by atoms with Gasteiger partial charge in [0.05, 0.1) is 12.7 Å². The molecule has 0 fully saturated rings. The molecular formula is C11H12N4O3S2. The third-order valence-electron chi connectivity index (χ3n) is 2.39. The van der Waals surface area contributed by atoms with Crippen molar-refractivity contribution in [2.24, 2.45) is 0 Å². The van der Waals surface area contributed by atoms with Crippen LogP contribution in [-0.2, 0) is 16.6 Å². The number of nitrogens with zero attached hydrogens (tertiary/aromatic N) is 2. The molecule has 2 rings (SSSR count). The van der Waals surface area contributed by atoms with Gasteiger partial charge in [0.2, 0.25) is 10.0 Å². The summed E-state index contributed by atoms with van der Waals surface area (Å²) in [6, 6.07) is 3.16. The molecule has 1 amide bonds. The van der Waals surface area contributed by atoms with E-state index in [4.69, 9.17) is 0 Å². The summed E-state index contributed by atoms with van der Waals surface area (Å²) >= 11 is 1.10. The summed E-state index contributed by atoms with van der Waals surface area (Å²) in [4.78, 5) is 20.1. The Bertz CT molecular complexity index is 697. The molecule has 0 spiro atoms. The summed E-state index contributed by atoms with van der Waals surface area (Å²) in [5.74, 6) is -0.357. The minimum absolute atomic E-state index is 0.212. The SMILES string of the molecule is CNS(=O)(=O)c1ccc(CNC(=O)c2cnccn2)s1. The second-order valence-electron chi connectivity index (χ2n) is 3.70. The number of rotatable bonds is 5. The smallest absolute Gasteiger partial charge is 0.271 e. The molecule has 0 atom stereocenters. The summed E-state index contributed by atoms with van der Waals surface area (Å²) in [6.07, 6.45) is 4.27. The molecule has 2 aromatic heterocycles. The maximum atomic E-state index is 11.7. The number of nitrogens with one attached hydrogen (secondary N) is 2. The van der Waals surface area contributed by atoms with E-state index in [1.165, 1.54) is 31.7 Å². The summed E-state index contributed by atoms with van der Waals surface area (Å²) in [7, 11) is -2.08. The summed E-state index contributed by atoms with van der Waals surface area (Å²) in [6.45, 7) is 0.235. The van der Waals surface area contributed by atoms with Crippen LogP contribution in [0.5, 0.6) is 0 Å². The fourth-order valence-electron chi connectivity index (χ4n) is 1.37. The molecule has 2 heterocycles. The molecule has 20 heavy (non-hydrogen) atoms. The zero-order valence-corrected chi connectivity index (χ0v) is 12.2. The molecule has 0 aliphatic heterocycles. The Morgan fingerprint density at radius 3 is 2.80 bits per heavy atom. The highest BCUT2D eigenvalue weighted by atomic mass is 32.2. The van der Waals surface area contributed by atoms with Gasteiger partial charge >= 0.3 is 0 Å². The van der Waals surface area contributed by atoms with E-state index in [1.807, 2.05) is 0 Å². The topological polar surface area (TPSA) is 101 Å². The molecule has 0 radical (unpaired) electrons. The van der Waals surface area contributed by atoms with Gasteiger partial charge in [-0.15, -0.1) is 11.3 Å². The second-order valence-corrected chi connectivity index (χ2v) is 6.98. The van der Waals surface area contributed by atoms with Gasteiger partial charge in [-0.3, -0.25) is 9.78 Å². The first-order chi connectivity index (χ1) is 9.53. The number of thiophene rings is 1. The van der Waals surface area contributed by atoms with E-state index in [0.29, 0.717) is 0 Å². The fourth-order valence-corrected chi connectivity index (χ4v) is 3.51. The maximum Gasteiger partial charge on any atom is 0.271 e. The van der Waals surface area contributed by atoms with Crippen molar-refractivity contribution >= 4 is 27.3 Å². The van der Waals surface area contributed by atoms with Crippen molar-refractivity contribution in [3.8, 4) is 0 Å². The lowest BCUT2D eigenvalue weighted by Gasteiger charge is -2.02. The standard InChI is InChI=1S/C11H12N4O3S2/c1-12-20(17,18)10-3-2-8(19-10)6-15-11(16)9-7-13-4-5-14-9/h2-5,7,12H,6H2,1H3,(H,15,16). The van der Waals surface area contributed by atoms with E-state index in [-0.39, 0.29) is 22.4 Å². The Balaban J connectivity index is 2.00. The van der Waals surface area contributed by atoms with Crippen LogP contribution in [0.2, 0.25) is 0 Å². The Hall–Kier alpha value is -1.84. The van der Waals surface area contributed by atoms with Crippen molar-refractivity contribution in [2.45, 2.75) is 10.8 Å². The first-order valence-corrected chi connectivity index (χ1v) is 7.89. The predicted octanol–water partition coefficient (Wildman–Crippen LogP) is 0.376. The molecule has 0 bridgehead atoms. The van der Waals surface area contributed by atoms with Gasteiger partial charge in [0.15, 0.2) is 0 Å². The predicted molar refractivity (Wildman–Crippen MR) is 73.8 cm³/mol. The van der Waals surface area contributed by atoms with E-state index in [2.05, 4.69) is 20.0 Å². The van der Waals surface area contributed by atoms with Crippen molar-refractivity contribution in [3.05, 3.63) is 41.3 Å². The zero-order valence-electron chi connectivity index (χ0n) is 10.5. The third-order valence-corrected chi connectivity index (χ3v) is 5.38. The quantitative estimate of drug-likeness (QED) is 0.831. The highest BCUT2D eigenvalue weighted by Crippen LogP contribution is 2.20. The summed E-state index contributed by atoms with van der Waals surface area (Å²) < 4.78 is 25.6. The number of aromatic nitrogens is 2. The van der Waals surface area contributed by atoms with Crippen LogP contribution < -0.4 is 10.0 Å². The molecule has 0 aromatic carbocycles. The van der Waals surface area contributed by atoms with Crippen LogP contribution in [-0.4, -0.2) is 31.3 Å². The molecule has 0 saturated carbocycles. The molecule has 106 valence electrons. The van der Waals surface area contributed by atoms with Crippen LogP contribution in [0.1, 0.15) is 15.4 Å². The molecule has 0 aliphatic carbocycles. The number of sulfonamides is 1. The van der Waals surface area contributed by atoms with E-state index in [0.717, 1.165) is 16.2 Å². The number of hydrogen-bond acceptors (Lipinski definition) is 6. The Kier molecular flexibility index (Phi) is 4.42. The lowest BCUT2D eigenvalue weighted by atomic mass is 10.4. The van der Waals surface area contributed by atoms with E-state index >= 15 is 0 Å². The summed E-state index contributed by atoms with van der Waals surface area (Å²) in [5.41, 5.74) is 0.215. The first kappa shape index (κ1) is 14.6. The first-order valence-electron chi connectivity index (χ1n) is 5.59. The van der Waals surface area contributed by atoms with Gasteiger partial charge in [0.1, 0.15) is 9.90 Å². The van der Waals surface area contributed by atoms with Crippen LogP contribution in [0.4, 0.5) is 0 Å². The van der Waals surface area contributed by atoms with Gasteiger partial charge in [-0.2, -0.15) is 0 Å². The van der Waals surface area contributed by atoms with Crippen molar-refractivity contribution in [1.29, 1.82) is 0 Å². The average molecular weight is 312 g/mol. The molecule has 0 saturated heterocycles. The minimum atomic E-state index is -3.43. The Morgan fingerprint density at radius 1 is 1.35 bits per heavy atom. The van der Waals surface area contributed by atoms with Gasteiger partial charge in [0.25, 0.3) is 5.91 Å². The van der Waals surface area contributed by atoms with Crippen molar-refractivity contribution in [3.63, 3.8) is 0 Å². The molecular weight excluding hydrogens is 300 g/mol. The average Bonchev–Trinajstić information content (AvgIpc) is 2.95. The largest absolute Gasteiger partial charge is 0.346 e. The molecule has 2 N–H and O–H groups in total. The second kappa shape index (κ2) is 6.07. The van der Waals surface area contributed by atoms with E-state index in [1.54, 1.807) is 6.07 Å². The molecule has 7 nitrogen and oxygen atoms in total. The van der Waals surface area contributed by atoms with Gasteiger partial charge in [0, 0.05) is 17.3 Å². The number of carbonyl (C=O) groups is 1. The van der Waals surface area contributed by atoms with Crippen molar-refractivity contribution in [1.82, 2.24) is 20.0 Å². The van der Waals surface area contributed by atoms with Crippen LogP contribution in [0.25, 0.3) is 0 Å². The van der Waals surface area contributed by atoms with Crippen LogP contribution >= 0.6 is 11.3 Å². The van der Waals surface area contributed by atoms with Gasteiger partial charge < -0.3 is 5.32 Å². The Morgan fingerprint density at radius 2 is 2.15 bits per heavy atom. The molecule has 0 aliphatic rings. The van der Waals surface area contributed by atoms with Gasteiger partial charge in [-0.05, 0) is 19.2 Å². The Labute approximate surface area is 120 Å². The van der Waals surface area contributed by atoms with Gasteiger partial charge in [-0.25, -0.2) is 18.1 Å². The third kappa shape index (κ3) is 3.38. The summed E-state index contributed by atoms with van der Waals surface area (Å²) in [5, 5.41) is 2.65. The van der Waals surface area contributed by atoms with Crippen molar-refractivity contribution in [2.75, 3.05) is 7.05 Å². The number of carbonyl (C=O) groups excluding carboxylic acids is 1. The van der Waals surface area contributed by atoms with Crippen molar-refractivity contribution < 1.29 is 13.2 Å². The lowest BCUT2D eigenvalue weighted by Crippen LogP contribution is -2.23. The maximum absolute atomic E-state index is 11.7. The van der Waals surface area contributed by atoms with E-state index < -0.39 is 10.0 Å². The number of amides is 1. The fraction of sp³-hybridized carbons (Fsp3) is 0.182. The minimum Gasteiger partial charge on any atom is -0.346 e. The zero-order chi connectivity index (χ0) is 14.6. The van der Waals surface area contributed by atoms with Gasteiger partial charge in [-0.1, -0.05) is 0 Å². The van der Waals surface area contributed by atoms with E-state index in [9.17, 15) is 13.2 Å². The van der Waals surface area contributed by atoms with Crippen LogP contribution in [0, 0.1) is 0 Å².